The molecule has 0 saturated carbocycles. The van der Waals surface area contributed by atoms with Crippen molar-refractivity contribution in [3.8, 4) is 0 Å². The predicted molar refractivity (Wildman–Crippen MR) is 403 cm³/mol. The number of amides is 1. The van der Waals surface area contributed by atoms with E-state index in [1.165, 1.54) is 398 Å². The number of nitrogens with one attached hydrogen (secondary N) is 1. The van der Waals surface area contributed by atoms with Crippen molar-refractivity contribution in [2.75, 3.05) is 13.2 Å². The largest absolute Gasteiger partial charge is 0.466 e. The van der Waals surface area contributed by atoms with E-state index in [-0.39, 0.29) is 18.5 Å². The van der Waals surface area contributed by atoms with Crippen LogP contribution in [-0.4, -0.2) is 47.4 Å². The van der Waals surface area contributed by atoms with Crippen LogP contribution in [-0.2, 0) is 14.3 Å². The van der Waals surface area contributed by atoms with Gasteiger partial charge in [-0.3, -0.25) is 9.59 Å². The van der Waals surface area contributed by atoms with E-state index in [2.05, 4.69) is 43.5 Å². The fourth-order valence-corrected chi connectivity index (χ4v) is 13.6. The van der Waals surface area contributed by atoms with Gasteiger partial charge in [0.25, 0.3) is 0 Å². The topological polar surface area (TPSA) is 95.9 Å². The van der Waals surface area contributed by atoms with Crippen LogP contribution in [0.2, 0.25) is 0 Å². The van der Waals surface area contributed by atoms with Crippen molar-refractivity contribution in [2.45, 2.75) is 495 Å². The Morgan fingerprint density at radius 3 is 0.857 bits per heavy atom. The van der Waals surface area contributed by atoms with Crippen LogP contribution in [0.15, 0.2) is 24.3 Å². The highest BCUT2D eigenvalue weighted by Crippen LogP contribution is 2.21. The van der Waals surface area contributed by atoms with Gasteiger partial charge in [0, 0.05) is 12.8 Å². The van der Waals surface area contributed by atoms with Crippen molar-refractivity contribution >= 4 is 11.9 Å². The fourth-order valence-electron chi connectivity index (χ4n) is 13.6. The summed E-state index contributed by atoms with van der Waals surface area (Å²) in [5, 5.41) is 23.4. The molecular formula is C85H165NO5. The molecule has 0 aliphatic rings. The third-order valence-electron chi connectivity index (χ3n) is 20.0. The average molecular weight is 1280 g/mol. The maximum absolute atomic E-state index is 12.6. The van der Waals surface area contributed by atoms with E-state index in [0.717, 1.165) is 51.4 Å². The minimum absolute atomic E-state index is 0.0172. The van der Waals surface area contributed by atoms with Gasteiger partial charge in [-0.2, -0.15) is 0 Å². The lowest BCUT2D eigenvalue weighted by molar-refractivity contribution is -0.143. The highest BCUT2D eigenvalue weighted by molar-refractivity contribution is 5.76. The van der Waals surface area contributed by atoms with Crippen molar-refractivity contribution in [3.63, 3.8) is 0 Å². The van der Waals surface area contributed by atoms with E-state index in [1.54, 1.807) is 0 Å². The van der Waals surface area contributed by atoms with Crippen LogP contribution in [0.3, 0.4) is 0 Å². The number of esters is 1. The van der Waals surface area contributed by atoms with Crippen LogP contribution in [0.4, 0.5) is 0 Å². The van der Waals surface area contributed by atoms with Crippen molar-refractivity contribution in [2.24, 2.45) is 0 Å². The molecular weight excluding hydrogens is 1110 g/mol. The summed E-state index contributed by atoms with van der Waals surface area (Å²) in [5.74, 6) is -0.00664. The molecule has 0 rings (SSSR count). The zero-order chi connectivity index (χ0) is 65.6. The zero-order valence-electron chi connectivity index (χ0n) is 62.1. The second-order valence-corrected chi connectivity index (χ2v) is 29.2. The standard InChI is InChI=1S/C85H165NO5/c1-3-5-7-9-11-13-15-17-19-21-46-49-53-57-61-65-69-73-77-83(88)82(81-87)86-84(89)78-74-70-66-62-58-54-50-47-43-41-39-37-35-33-31-29-27-25-23-22-24-26-28-30-32-34-36-38-40-42-44-48-52-56-60-64-68-72-76-80-91-85(90)79-75-71-67-63-59-55-51-45-20-18-16-14-12-10-8-6-4-2/h12,14,18,20,82-83,87-88H,3-11,13,15-17,19,21-81H2,1-2H3,(H,86,89)/b14-12-,20-18-. The molecule has 0 radical (unpaired) electrons. The van der Waals surface area contributed by atoms with E-state index in [9.17, 15) is 19.8 Å². The lowest BCUT2D eigenvalue weighted by Gasteiger charge is -2.22. The van der Waals surface area contributed by atoms with Gasteiger partial charge in [-0.1, -0.05) is 436 Å². The predicted octanol–water partition coefficient (Wildman–Crippen LogP) is 28.0. The monoisotopic (exact) mass is 1280 g/mol. The van der Waals surface area contributed by atoms with E-state index < -0.39 is 12.1 Å². The van der Waals surface area contributed by atoms with Crippen LogP contribution < -0.4 is 5.32 Å². The first-order valence-corrected chi connectivity index (χ1v) is 42.1. The van der Waals surface area contributed by atoms with Crippen LogP contribution in [0.1, 0.15) is 483 Å². The summed E-state index contributed by atoms with van der Waals surface area (Å²) in [6.45, 7) is 4.98. The van der Waals surface area contributed by atoms with Gasteiger partial charge in [0.05, 0.1) is 25.4 Å². The fraction of sp³-hybridized carbons (Fsp3) is 0.929. The van der Waals surface area contributed by atoms with Gasteiger partial charge in [0.2, 0.25) is 5.91 Å². The Kier molecular flexibility index (Phi) is 79.3. The first-order chi connectivity index (χ1) is 45.0. The Labute approximate surface area is 571 Å². The highest BCUT2D eigenvalue weighted by Gasteiger charge is 2.20. The second-order valence-electron chi connectivity index (χ2n) is 29.2. The minimum Gasteiger partial charge on any atom is -0.466 e. The Morgan fingerprint density at radius 2 is 0.549 bits per heavy atom. The SMILES string of the molecule is CCCCC/C=C\C/C=C\CCCCCCCCCC(=O)OCCCCCCCCCCCCCCCCCCCCCCCCCCCCCCCCCCCCCCCCCC(=O)NC(CO)C(O)CCCCCCCCCCCCCCCCCCCC. The summed E-state index contributed by atoms with van der Waals surface area (Å²) in [7, 11) is 0. The smallest absolute Gasteiger partial charge is 0.305 e. The first-order valence-electron chi connectivity index (χ1n) is 42.1. The number of ether oxygens (including phenoxy) is 1. The van der Waals surface area contributed by atoms with Crippen molar-refractivity contribution in [1.82, 2.24) is 5.32 Å². The molecule has 6 nitrogen and oxygen atoms in total. The number of hydrogen-bond acceptors (Lipinski definition) is 5. The molecule has 0 aromatic heterocycles. The quantitative estimate of drug-likeness (QED) is 0.0320. The molecule has 3 N–H and O–H groups in total. The van der Waals surface area contributed by atoms with E-state index >= 15 is 0 Å². The lowest BCUT2D eigenvalue weighted by Crippen LogP contribution is -2.45. The molecule has 91 heavy (non-hydrogen) atoms. The molecule has 540 valence electrons. The van der Waals surface area contributed by atoms with Gasteiger partial charge < -0.3 is 20.3 Å². The molecule has 0 saturated heterocycles. The Morgan fingerprint density at radius 1 is 0.308 bits per heavy atom. The van der Waals surface area contributed by atoms with Gasteiger partial charge >= 0.3 is 5.97 Å². The van der Waals surface area contributed by atoms with E-state index in [0.29, 0.717) is 25.9 Å². The number of carbonyl (C=O) groups excluding carboxylic acids is 2. The Hall–Kier alpha value is -1.66. The van der Waals surface area contributed by atoms with Crippen molar-refractivity contribution in [1.29, 1.82) is 0 Å². The van der Waals surface area contributed by atoms with Crippen molar-refractivity contribution < 1.29 is 24.5 Å². The number of unbranched alkanes of at least 4 members (excludes halogenated alkanes) is 65. The molecule has 2 unspecified atom stereocenters. The number of aliphatic hydroxyl groups excluding tert-OH is 2. The molecule has 1 amide bonds. The average Bonchev–Trinajstić information content (AvgIpc) is 3.73. The molecule has 0 aromatic rings. The van der Waals surface area contributed by atoms with Gasteiger partial charge in [-0.25, -0.2) is 0 Å². The summed E-state index contributed by atoms with van der Waals surface area (Å²) in [6.07, 6.45) is 104. The van der Waals surface area contributed by atoms with Gasteiger partial charge in [-0.15, -0.1) is 0 Å². The maximum atomic E-state index is 12.6. The van der Waals surface area contributed by atoms with Gasteiger partial charge in [0.1, 0.15) is 0 Å². The van der Waals surface area contributed by atoms with Crippen LogP contribution in [0, 0.1) is 0 Å². The lowest BCUT2D eigenvalue weighted by atomic mass is 10.0. The highest BCUT2D eigenvalue weighted by atomic mass is 16.5. The molecule has 0 fully saturated rings. The van der Waals surface area contributed by atoms with E-state index in [4.69, 9.17) is 4.74 Å². The molecule has 0 aliphatic heterocycles. The molecule has 0 heterocycles. The summed E-state index contributed by atoms with van der Waals surface area (Å²) >= 11 is 0. The third kappa shape index (κ3) is 77.2. The summed E-state index contributed by atoms with van der Waals surface area (Å²) in [6, 6.07) is -0.537. The van der Waals surface area contributed by atoms with Gasteiger partial charge in [-0.05, 0) is 57.8 Å². The van der Waals surface area contributed by atoms with Crippen molar-refractivity contribution in [3.05, 3.63) is 24.3 Å². The summed E-state index contributed by atoms with van der Waals surface area (Å²) in [5.41, 5.74) is 0. The number of allylic oxidation sites excluding steroid dienone is 4. The minimum atomic E-state index is -0.660. The zero-order valence-corrected chi connectivity index (χ0v) is 62.1. The maximum Gasteiger partial charge on any atom is 0.305 e. The second kappa shape index (κ2) is 80.8. The molecule has 0 aromatic carbocycles. The van der Waals surface area contributed by atoms with Crippen LogP contribution >= 0.6 is 0 Å². The summed E-state index contributed by atoms with van der Waals surface area (Å²) < 4.78 is 5.51. The number of hydrogen-bond donors (Lipinski definition) is 3. The Bertz CT molecular complexity index is 1430. The number of aliphatic hydroxyl groups is 2. The molecule has 6 heteroatoms. The number of rotatable bonds is 80. The van der Waals surface area contributed by atoms with Gasteiger partial charge in [0.15, 0.2) is 0 Å². The van der Waals surface area contributed by atoms with Crippen LogP contribution in [0.25, 0.3) is 0 Å². The normalized spacial score (nSPS) is 12.5. The Balaban J connectivity index is 3.29. The molecule has 2 atom stereocenters. The number of carbonyl (C=O) groups is 2. The third-order valence-corrected chi connectivity index (χ3v) is 20.0. The molecule has 0 aliphatic carbocycles. The van der Waals surface area contributed by atoms with E-state index in [1.807, 2.05) is 0 Å². The molecule has 0 spiro atoms. The first kappa shape index (κ1) is 89.3. The van der Waals surface area contributed by atoms with Crippen LogP contribution in [0.5, 0.6) is 0 Å². The molecule has 0 bridgehead atoms. The summed E-state index contributed by atoms with van der Waals surface area (Å²) in [4.78, 5) is 24.7.